The van der Waals surface area contributed by atoms with Crippen LogP contribution in [0.4, 0.5) is 5.82 Å². The van der Waals surface area contributed by atoms with Crippen LogP contribution in [-0.2, 0) is 19.4 Å². The number of piperazine rings is 1. The maximum Gasteiger partial charge on any atom is 0.242 e. The molecule has 3 aromatic rings. The van der Waals surface area contributed by atoms with Crippen LogP contribution in [0.1, 0.15) is 19.3 Å². The number of imidazole rings is 1. The van der Waals surface area contributed by atoms with E-state index in [4.69, 9.17) is 0 Å². The maximum atomic E-state index is 13.1. The van der Waals surface area contributed by atoms with Crippen molar-refractivity contribution >= 4 is 33.1 Å². The first-order chi connectivity index (χ1) is 18.3. The zero-order valence-electron chi connectivity index (χ0n) is 21.5. The van der Waals surface area contributed by atoms with Gasteiger partial charge in [-0.25, -0.2) is 13.4 Å². The highest BCUT2D eigenvalue weighted by Gasteiger charge is 2.25. The number of amides is 2. The molecule has 2 aromatic heterocycles. The highest BCUT2D eigenvalue weighted by atomic mass is 32.2. The second kappa shape index (κ2) is 11.1. The van der Waals surface area contributed by atoms with Gasteiger partial charge in [0.2, 0.25) is 11.8 Å². The number of nitrogens with zero attached hydrogens (tertiary/aromatic N) is 6. The zero-order chi connectivity index (χ0) is 26.7. The number of benzene rings is 1. The first kappa shape index (κ1) is 26.1. The summed E-state index contributed by atoms with van der Waals surface area (Å²) >= 11 is 0. The molecule has 0 radical (unpaired) electrons. The quantitative estimate of drug-likeness (QED) is 0.478. The number of hydrogen-bond donors (Lipinski definition) is 1. The van der Waals surface area contributed by atoms with Gasteiger partial charge in [-0.2, -0.15) is 0 Å². The van der Waals surface area contributed by atoms with E-state index in [9.17, 15) is 18.0 Å². The van der Waals surface area contributed by atoms with E-state index in [0.29, 0.717) is 49.9 Å². The summed E-state index contributed by atoms with van der Waals surface area (Å²) in [6, 6.07) is 6.53. The SMILES string of the molecule is CS(=O)(=O)c1ccc(-c2nc3cnccn3c2NCC(=O)N2CCN(CC(=O)N3CCCCC3)CC2)cc1. The van der Waals surface area contributed by atoms with E-state index in [1.54, 1.807) is 42.9 Å². The maximum absolute atomic E-state index is 13.1. The van der Waals surface area contributed by atoms with Gasteiger partial charge in [-0.15, -0.1) is 0 Å². The number of fused-ring (bicyclic) bond motifs is 1. The minimum absolute atomic E-state index is 0.0330. The average molecular weight is 540 g/mol. The molecule has 2 aliphatic rings. The van der Waals surface area contributed by atoms with Crippen molar-refractivity contribution in [3.05, 3.63) is 42.9 Å². The number of rotatable bonds is 7. The van der Waals surface area contributed by atoms with Crippen molar-refractivity contribution in [2.45, 2.75) is 24.2 Å². The minimum atomic E-state index is -3.31. The van der Waals surface area contributed by atoms with Gasteiger partial charge in [-0.3, -0.25) is 23.9 Å². The number of nitrogens with one attached hydrogen (secondary N) is 1. The summed E-state index contributed by atoms with van der Waals surface area (Å²) in [5, 5.41) is 3.25. The molecular weight excluding hydrogens is 506 g/mol. The summed E-state index contributed by atoms with van der Waals surface area (Å²) in [6.45, 7) is 4.69. The summed E-state index contributed by atoms with van der Waals surface area (Å²) in [6.07, 6.45) is 9.57. The predicted octanol–water partition coefficient (Wildman–Crippen LogP) is 1.37. The van der Waals surface area contributed by atoms with Crippen molar-refractivity contribution in [1.82, 2.24) is 29.1 Å². The van der Waals surface area contributed by atoms with Crippen LogP contribution in [-0.4, -0.2) is 108 Å². The van der Waals surface area contributed by atoms with E-state index in [-0.39, 0.29) is 23.3 Å². The third-order valence-corrected chi connectivity index (χ3v) is 8.31. The molecule has 12 heteroatoms. The Morgan fingerprint density at radius 3 is 2.29 bits per heavy atom. The van der Waals surface area contributed by atoms with Crippen LogP contribution in [0.5, 0.6) is 0 Å². The molecule has 202 valence electrons. The second-order valence-electron chi connectivity index (χ2n) is 9.86. The fourth-order valence-corrected chi connectivity index (χ4v) is 5.63. The van der Waals surface area contributed by atoms with Gasteiger partial charge in [-0.1, -0.05) is 12.1 Å². The number of anilines is 1. The van der Waals surface area contributed by atoms with Gasteiger partial charge in [0, 0.05) is 63.5 Å². The number of sulfone groups is 1. The van der Waals surface area contributed by atoms with Crippen LogP contribution in [0.3, 0.4) is 0 Å². The molecule has 2 fully saturated rings. The van der Waals surface area contributed by atoms with Gasteiger partial charge < -0.3 is 15.1 Å². The molecule has 11 nitrogen and oxygen atoms in total. The van der Waals surface area contributed by atoms with Crippen LogP contribution in [0, 0.1) is 0 Å². The lowest BCUT2D eigenvalue weighted by Gasteiger charge is -2.36. The van der Waals surface area contributed by atoms with E-state index in [0.717, 1.165) is 31.5 Å². The van der Waals surface area contributed by atoms with Gasteiger partial charge in [0.1, 0.15) is 11.5 Å². The monoisotopic (exact) mass is 539 g/mol. The number of piperidine rings is 1. The third-order valence-electron chi connectivity index (χ3n) is 7.19. The topological polar surface area (TPSA) is 120 Å². The van der Waals surface area contributed by atoms with E-state index >= 15 is 0 Å². The van der Waals surface area contributed by atoms with E-state index in [1.165, 1.54) is 12.7 Å². The number of hydrogen-bond acceptors (Lipinski definition) is 8. The lowest BCUT2D eigenvalue weighted by Crippen LogP contribution is -2.52. The van der Waals surface area contributed by atoms with E-state index < -0.39 is 9.84 Å². The van der Waals surface area contributed by atoms with Crippen molar-refractivity contribution in [1.29, 1.82) is 0 Å². The molecule has 5 rings (SSSR count). The molecule has 2 aliphatic heterocycles. The molecule has 4 heterocycles. The molecule has 0 spiro atoms. The van der Waals surface area contributed by atoms with Crippen LogP contribution < -0.4 is 5.32 Å². The molecule has 0 aliphatic carbocycles. The fourth-order valence-electron chi connectivity index (χ4n) is 5.00. The Morgan fingerprint density at radius 1 is 0.921 bits per heavy atom. The third kappa shape index (κ3) is 5.81. The van der Waals surface area contributed by atoms with E-state index in [2.05, 4.69) is 20.2 Å². The highest BCUT2D eigenvalue weighted by molar-refractivity contribution is 7.90. The number of carbonyl (C=O) groups is 2. The molecule has 0 saturated carbocycles. The second-order valence-corrected chi connectivity index (χ2v) is 11.9. The molecule has 38 heavy (non-hydrogen) atoms. The van der Waals surface area contributed by atoms with Gasteiger partial charge in [0.05, 0.1) is 24.2 Å². The van der Waals surface area contributed by atoms with E-state index in [1.807, 2.05) is 14.2 Å². The Hall–Kier alpha value is -3.51. The molecule has 2 saturated heterocycles. The number of likely N-dealkylation sites (tertiary alicyclic amines) is 1. The molecule has 1 N–H and O–H groups in total. The molecule has 1 aromatic carbocycles. The minimum Gasteiger partial charge on any atom is -0.360 e. The van der Waals surface area contributed by atoms with Crippen molar-refractivity contribution < 1.29 is 18.0 Å². The normalized spacial score (nSPS) is 17.1. The van der Waals surface area contributed by atoms with Crippen LogP contribution >= 0.6 is 0 Å². The largest absolute Gasteiger partial charge is 0.360 e. The van der Waals surface area contributed by atoms with Gasteiger partial charge in [0.15, 0.2) is 15.5 Å². The molecular formula is C26H33N7O4S. The Labute approximate surface area is 222 Å². The molecule has 2 amide bonds. The number of carbonyl (C=O) groups excluding carboxylic acids is 2. The van der Waals surface area contributed by atoms with Crippen molar-refractivity contribution in [2.75, 3.05) is 63.9 Å². The summed E-state index contributed by atoms with van der Waals surface area (Å²) < 4.78 is 25.5. The Morgan fingerprint density at radius 2 is 1.61 bits per heavy atom. The summed E-state index contributed by atoms with van der Waals surface area (Å²) in [5.74, 6) is 0.786. The Bertz CT molecular complexity index is 1410. The van der Waals surface area contributed by atoms with Crippen molar-refractivity contribution in [3.8, 4) is 11.3 Å². The molecule has 0 atom stereocenters. The van der Waals surface area contributed by atoms with Crippen LogP contribution in [0.2, 0.25) is 0 Å². The summed E-state index contributed by atoms with van der Waals surface area (Å²) in [7, 11) is -3.31. The smallest absolute Gasteiger partial charge is 0.242 e. The first-order valence-electron chi connectivity index (χ1n) is 12.9. The summed E-state index contributed by atoms with van der Waals surface area (Å²) in [5.41, 5.74) is 1.94. The standard InChI is InChI=1S/C26H33N7O4S/c1-38(36,37)21-7-5-20(6-8-21)25-26(33-12-9-27-17-22(33)29-25)28-18-23(34)32-15-13-30(14-16-32)19-24(35)31-10-3-2-4-11-31/h5-9,12,17,28H,2-4,10-11,13-16,18-19H2,1H3. The molecule has 0 bridgehead atoms. The van der Waals surface area contributed by atoms with Crippen LogP contribution in [0.15, 0.2) is 47.8 Å². The Balaban J connectivity index is 1.22. The van der Waals surface area contributed by atoms with Crippen molar-refractivity contribution in [2.24, 2.45) is 0 Å². The lowest BCUT2D eigenvalue weighted by molar-refractivity contribution is -0.135. The van der Waals surface area contributed by atoms with Gasteiger partial charge in [-0.05, 0) is 31.4 Å². The van der Waals surface area contributed by atoms with Gasteiger partial charge in [0.25, 0.3) is 0 Å². The predicted molar refractivity (Wildman–Crippen MR) is 143 cm³/mol. The van der Waals surface area contributed by atoms with Gasteiger partial charge >= 0.3 is 0 Å². The Kier molecular flexibility index (Phi) is 7.61. The average Bonchev–Trinajstić information content (AvgIpc) is 3.31. The number of aromatic nitrogens is 3. The summed E-state index contributed by atoms with van der Waals surface area (Å²) in [4.78, 5) is 40.6. The first-order valence-corrected chi connectivity index (χ1v) is 14.8. The lowest BCUT2D eigenvalue weighted by atomic mass is 10.1. The molecule has 0 unspecified atom stereocenters. The van der Waals surface area contributed by atoms with Crippen LogP contribution in [0.25, 0.3) is 16.9 Å². The fraction of sp³-hybridized carbons (Fsp3) is 0.462. The zero-order valence-corrected chi connectivity index (χ0v) is 22.4. The van der Waals surface area contributed by atoms with Crippen molar-refractivity contribution in [3.63, 3.8) is 0 Å². The highest BCUT2D eigenvalue weighted by Crippen LogP contribution is 2.29.